The van der Waals surface area contributed by atoms with Crippen molar-refractivity contribution in [3.63, 3.8) is 0 Å². The number of amides is 1. The molecule has 1 saturated carbocycles. The number of hydrogen-bond donors (Lipinski definition) is 1. The zero-order valence-electron chi connectivity index (χ0n) is 12.9. The van der Waals surface area contributed by atoms with Gasteiger partial charge in [0, 0.05) is 30.5 Å². The monoisotopic (exact) mass is 326 g/mol. The number of hydrogen-bond acceptors (Lipinski definition) is 2. The molecule has 1 saturated heterocycles. The van der Waals surface area contributed by atoms with E-state index in [0.717, 1.165) is 37.8 Å². The van der Waals surface area contributed by atoms with Crippen molar-refractivity contribution in [1.82, 2.24) is 4.90 Å². The van der Waals surface area contributed by atoms with Gasteiger partial charge in [-0.05, 0) is 50.3 Å². The highest BCUT2D eigenvalue weighted by molar-refractivity contribution is 5.85. The number of nitrogens with zero attached hydrogens (tertiary/aromatic N) is 1. The molecule has 1 amide bonds. The van der Waals surface area contributed by atoms with Crippen molar-refractivity contribution in [3.8, 4) is 0 Å². The first-order valence-corrected chi connectivity index (χ1v) is 7.86. The molecule has 1 aliphatic heterocycles. The predicted molar refractivity (Wildman–Crippen MR) is 87.5 cm³/mol. The Morgan fingerprint density at radius 1 is 1.23 bits per heavy atom. The Balaban J connectivity index is 0.00000176. The van der Waals surface area contributed by atoms with E-state index in [1.54, 1.807) is 0 Å². The summed E-state index contributed by atoms with van der Waals surface area (Å²) in [5.41, 5.74) is 7.05. The topological polar surface area (TPSA) is 46.3 Å². The van der Waals surface area contributed by atoms with Gasteiger partial charge in [-0.3, -0.25) is 4.79 Å². The Morgan fingerprint density at radius 2 is 1.91 bits per heavy atom. The molecule has 5 heteroatoms. The zero-order chi connectivity index (χ0) is 15.0. The second-order valence-electron chi connectivity index (χ2n) is 6.59. The lowest BCUT2D eigenvalue weighted by atomic mass is 9.97. The fourth-order valence-corrected chi connectivity index (χ4v) is 3.79. The number of nitrogens with two attached hydrogens (primary N) is 1. The van der Waals surface area contributed by atoms with Gasteiger partial charge in [0.15, 0.2) is 0 Å². The average Bonchev–Trinajstić information content (AvgIpc) is 3.05. The van der Waals surface area contributed by atoms with E-state index >= 15 is 0 Å². The van der Waals surface area contributed by atoms with Crippen molar-refractivity contribution in [2.75, 3.05) is 6.54 Å². The summed E-state index contributed by atoms with van der Waals surface area (Å²) in [5, 5.41) is 0. The Labute approximate surface area is 137 Å². The number of benzene rings is 1. The van der Waals surface area contributed by atoms with E-state index in [1.165, 1.54) is 12.1 Å². The van der Waals surface area contributed by atoms with Gasteiger partial charge in [-0.1, -0.05) is 12.1 Å². The van der Waals surface area contributed by atoms with Crippen molar-refractivity contribution in [1.29, 1.82) is 0 Å². The van der Waals surface area contributed by atoms with Gasteiger partial charge >= 0.3 is 0 Å². The van der Waals surface area contributed by atoms with Crippen LogP contribution in [0.15, 0.2) is 24.3 Å². The molecule has 4 atom stereocenters. The van der Waals surface area contributed by atoms with Crippen LogP contribution in [0, 0.1) is 11.7 Å². The third kappa shape index (κ3) is 3.44. The van der Waals surface area contributed by atoms with Crippen LogP contribution in [0.2, 0.25) is 0 Å². The maximum atomic E-state index is 13.0. The maximum Gasteiger partial charge on any atom is 0.226 e. The summed E-state index contributed by atoms with van der Waals surface area (Å²) in [6.45, 7) is 2.85. The van der Waals surface area contributed by atoms with E-state index in [0.29, 0.717) is 5.92 Å². The summed E-state index contributed by atoms with van der Waals surface area (Å²) in [7, 11) is 0. The molecule has 2 N–H and O–H groups in total. The molecule has 22 heavy (non-hydrogen) atoms. The lowest BCUT2D eigenvalue weighted by Crippen LogP contribution is -2.38. The smallest absolute Gasteiger partial charge is 0.226 e. The maximum absolute atomic E-state index is 13.0. The summed E-state index contributed by atoms with van der Waals surface area (Å²) in [6, 6.07) is 7.12. The highest BCUT2D eigenvalue weighted by Gasteiger charge is 2.38. The second-order valence-corrected chi connectivity index (χ2v) is 6.59. The minimum absolute atomic E-state index is 0. The molecular formula is C17H24ClFN2O. The molecule has 2 aliphatic rings. The Morgan fingerprint density at radius 3 is 2.50 bits per heavy atom. The summed E-state index contributed by atoms with van der Waals surface area (Å²) >= 11 is 0. The van der Waals surface area contributed by atoms with E-state index in [1.807, 2.05) is 17.0 Å². The number of rotatable bonds is 2. The first-order valence-electron chi connectivity index (χ1n) is 7.86. The SMILES string of the molecule is CC1CC(c2ccc(F)cc2)CN1C(=O)C1CCC(N)C1.Cl. The van der Waals surface area contributed by atoms with Crippen LogP contribution in [0.1, 0.15) is 44.1 Å². The first-order chi connectivity index (χ1) is 10.0. The first kappa shape index (κ1) is 17.2. The Hall–Kier alpha value is -1.13. The average molecular weight is 327 g/mol. The van der Waals surface area contributed by atoms with Crippen LogP contribution in [0.3, 0.4) is 0 Å². The van der Waals surface area contributed by atoms with Crippen molar-refractivity contribution in [2.45, 2.75) is 50.6 Å². The van der Waals surface area contributed by atoms with Crippen LogP contribution in [-0.2, 0) is 4.79 Å². The molecule has 122 valence electrons. The largest absolute Gasteiger partial charge is 0.339 e. The number of carbonyl (C=O) groups excluding carboxylic acids is 1. The van der Waals surface area contributed by atoms with Crippen LogP contribution >= 0.6 is 12.4 Å². The number of halogens is 2. The van der Waals surface area contributed by atoms with Gasteiger partial charge in [-0.25, -0.2) is 4.39 Å². The van der Waals surface area contributed by atoms with Gasteiger partial charge in [0.05, 0.1) is 0 Å². The van der Waals surface area contributed by atoms with Crippen LogP contribution in [-0.4, -0.2) is 29.4 Å². The summed E-state index contributed by atoms with van der Waals surface area (Å²) < 4.78 is 13.0. The second kappa shape index (κ2) is 6.97. The third-order valence-corrected chi connectivity index (χ3v) is 5.02. The summed E-state index contributed by atoms with van der Waals surface area (Å²) in [6.07, 6.45) is 3.66. The highest BCUT2D eigenvalue weighted by atomic mass is 35.5. The molecule has 0 radical (unpaired) electrons. The molecular weight excluding hydrogens is 303 g/mol. The van der Waals surface area contributed by atoms with Crippen LogP contribution in [0.5, 0.6) is 0 Å². The van der Waals surface area contributed by atoms with E-state index in [9.17, 15) is 9.18 Å². The molecule has 2 fully saturated rings. The minimum Gasteiger partial charge on any atom is -0.339 e. The van der Waals surface area contributed by atoms with Gasteiger partial charge in [0.2, 0.25) is 5.91 Å². The normalized spacial score (nSPS) is 31.1. The molecule has 0 spiro atoms. The number of carbonyl (C=O) groups is 1. The van der Waals surface area contributed by atoms with Gasteiger partial charge in [-0.2, -0.15) is 0 Å². The van der Waals surface area contributed by atoms with Crippen LogP contribution < -0.4 is 5.73 Å². The standard InChI is InChI=1S/C17H23FN2O.ClH/c1-11-8-14(12-2-5-15(18)6-3-12)10-20(11)17(21)13-4-7-16(19)9-13;/h2-3,5-6,11,13-14,16H,4,7-10,19H2,1H3;1H. The van der Waals surface area contributed by atoms with Gasteiger partial charge in [-0.15, -0.1) is 12.4 Å². The molecule has 0 aromatic heterocycles. The molecule has 0 bridgehead atoms. The van der Waals surface area contributed by atoms with Crippen molar-refractivity contribution >= 4 is 18.3 Å². The molecule has 4 unspecified atom stereocenters. The minimum atomic E-state index is -0.210. The van der Waals surface area contributed by atoms with Crippen molar-refractivity contribution in [2.24, 2.45) is 11.7 Å². The van der Waals surface area contributed by atoms with Crippen molar-refractivity contribution < 1.29 is 9.18 Å². The third-order valence-electron chi connectivity index (χ3n) is 5.02. The lowest BCUT2D eigenvalue weighted by Gasteiger charge is -2.25. The fourth-order valence-electron chi connectivity index (χ4n) is 3.79. The summed E-state index contributed by atoms with van der Waals surface area (Å²) in [4.78, 5) is 14.7. The zero-order valence-corrected chi connectivity index (χ0v) is 13.7. The van der Waals surface area contributed by atoms with Crippen molar-refractivity contribution in [3.05, 3.63) is 35.6 Å². The lowest BCUT2D eigenvalue weighted by molar-refractivity contribution is -0.135. The summed E-state index contributed by atoms with van der Waals surface area (Å²) in [5.74, 6) is 0.478. The molecule has 3 nitrogen and oxygen atoms in total. The van der Waals surface area contributed by atoms with Gasteiger partial charge < -0.3 is 10.6 Å². The van der Waals surface area contributed by atoms with Crippen LogP contribution in [0.25, 0.3) is 0 Å². The van der Waals surface area contributed by atoms with E-state index in [4.69, 9.17) is 5.73 Å². The Kier molecular flexibility index (Phi) is 5.45. The number of likely N-dealkylation sites (tertiary alicyclic amines) is 1. The molecule has 1 aromatic rings. The fraction of sp³-hybridized carbons (Fsp3) is 0.588. The van der Waals surface area contributed by atoms with E-state index in [2.05, 4.69) is 6.92 Å². The van der Waals surface area contributed by atoms with E-state index < -0.39 is 0 Å². The van der Waals surface area contributed by atoms with Gasteiger partial charge in [0.1, 0.15) is 5.82 Å². The molecule has 1 aliphatic carbocycles. The molecule has 1 heterocycles. The van der Waals surface area contributed by atoms with E-state index in [-0.39, 0.29) is 42.1 Å². The Bertz CT molecular complexity index is 522. The quantitative estimate of drug-likeness (QED) is 0.907. The highest BCUT2D eigenvalue weighted by Crippen LogP contribution is 2.35. The van der Waals surface area contributed by atoms with Crippen LogP contribution in [0.4, 0.5) is 4.39 Å². The predicted octanol–water partition coefficient (Wildman–Crippen LogP) is 3.08. The molecule has 1 aromatic carbocycles. The van der Waals surface area contributed by atoms with Gasteiger partial charge in [0.25, 0.3) is 0 Å². The molecule has 3 rings (SSSR count).